The maximum Gasteiger partial charge on any atom is 0.335 e. The van der Waals surface area contributed by atoms with E-state index in [2.05, 4.69) is 40.5 Å². The number of aromatic carboxylic acids is 1. The number of nitrogens with one attached hydrogen (secondary N) is 2. The Labute approximate surface area is 412 Å². The maximum absolute atomic E-state index is 12.4. The molecule has 9 rings (SSSR count). The molecule has 0 aliphatic heterocycles. The van der Waals surface area contributed by atoms with E-state index in [9.17, 15) is 24.0 Å². The molecule has 0 atom stereocenters. The van der Waals surface area contributed by atoms with Crippen LogP contribution in [0, 0.1) is 0 Å². The van der Waals surface area contributed by atoms with Gasteiger partial charge in [-0.2, -0.15) is 0 Å². The molecule has 0 spiro atoms. The average Bonchev–Trinajstić information content (AvgIpc) is 4.20. The van der Waals surface area contributed by atoms with Crippen molar-refractivity contribution in [2.24, 2.45) is 0 Å². The molecule has 20 heteroatoms. The molecule has 0 fully saturated rings. The van der Waals surface area contributed by atoms with Gasteiger partial charge in [0.25, 0.3) is 11.8 Å². The molecule has 0 saturated carbocycles. The molecule has 0 saturated heterocycles. The number of carboxylic acids is 1. The summed E-state index contributed by atoms with van der Waals surface area (Å²) in [4.78, 5) is 81.0. The summed E-state index contributed by atoms with van der Waals surface area (Å²) in [6.07, 6.45) is 6.11. The molecule has 70 heavy (non-hydrogen) atoms. The first kappa shape index (κ1) is 50.9. The number of ether oxygens (including phenoxy) is 2. The monoisotopic (exact) mass is 991 g/mol. The highest BCUT2D eigenvalue weighted by Crippen LogP contribution is 2.26. The number of hydrogen-bond acceptors (Lipinski definition) is 17. The Morgan fingerprint density at radius 1 is 0.529 bits per heavy atom. The van der Waals surface area contributed by atoms with E-state index in [1.807, 2.05) is 70.7 Å². The van der Waals surface area contributed by atoms with Crippen molar-refractivity contribution >= 4 is 79.8 Å². The molecule has 0 bridgehead atoms. The first-order chi connectivity index (χ1) is 34.1. The molecule has 17 nitrogen and oxygen atoms in total. The highest BCUT2D eigenvalue weighted by atomic mass is 32.1. The summed E-state index contributed by atoms with van der Waals surface area (Å²) in [6.45, 7) is 0. The third kappa shape index (κ3) is 15.0. The number of amides is 2. The van der Waals surface area contributed by atoms with E-state index >= 15 is 0 Å². The second-order valence-corrected chi connectivity index (χ2v) is 16.5. The predicted molar refractivity (Wildman–Crippen MR) is 270 cm³/mol. The molecule has 0 unspecified atom stereocenters. The first-order valence-electron chi connectivity index (χ1n) is 20.6. The fraction of sp³-hybridized carbons (Fsp3) is 0.0600. The zero-order chi connectivity index (χ0) is 49.7. The van der Waals surface area contributed by atoms with Crippen molar-refractivity contribution in [2.45, 2.75) is 6.29 Å². The van der Waals surface area contributed by atoms with Crippen LogP contribution in [0.4, 0.5) is 15.4 Å². The molecule has 0 aliphatic rings. The number of methoxy groups -OCH3 is 2. The van der Waals surface area contributed by atoms with Gasteiger partial charge >= 0.3 is 5.97 Å². The molecule has 6 aromatic heterocycles. The van der Waals surface area contributed by atoms with Crippen LogP contribution in [-0.2, 0) is 9.47 Å². The van der Waals surface area contributed by atoms with Gasteiger partial charge in [-0.1, -0.05) is 54.6 Å². The van der Waals surface area contributed by atoms with Gasteiger partial charge in [0.05, 0.1) is 22.6 Å². The van der Waals surface area contributed by atoms with Crippen LogP contribution in [0.25, 0.3) is 34.2 Å². The number of carboxylic acid groups (broad SMARTS) is 1. The quantitative estimate of drug-likeness (QED) is 0.0619. The van der Waals surface area contributed by atoms with Crippen molar-refractivity contribution in [3.05, 3.63) is 196 Å². The number of carbonyl (C=O) groups excluding carboxylic acids is 4. The van der Waals surface area contributed by atoms with E-state index < -0.39 is 12.3 Å². The molecule has 5 N–H and O–H groups in total. The van der Waals surface area contributed by atoms with E-state index in [1.54, 1.807) is 81.3 Å². The number of rotatable bonds is 13. The van der Waals surface area contributed by atoms with Gasteiger partial charge in [0.15, 0.2) is 21.7 Å². The summed E-state index contributed by atoms with van der Waals surface area (Å²) in [5.41, 5.74) is 13.2. The van der Waals surface area contributed by atoms with Crippen LogP contribution in [0.3, 0.4) is 0 Å². The second-order valence-electron chi connectivity index (χ2n) is 13.9. The second kappa shape index (κ2) is 26.1. The number of aldehydes is 2. The highest BCUT2D eigenvalue weighted by Gasteiger charge is 2.14. The van der Waals surface area contributed by atoms with Crippen molar-refractivity contribution in [1.82, 2.24) is 29.9 Å². The van der Waals surface area contributed by atoms with E-state index in [4.69, 9.17) is 20.3 Å². The number of pyridine rings is 3. The van der Waals surface area contributed by atoms with Gasteiger partial charge in [-0.15, -0.1) is 34.0 Å². The SMILES string of the molecule is COC(OC)c1ccc(C(=O)Nc2nc(-c3ccccn3)cs2)cc1.Nc1nc(-c2ccccn2)cs1.O=Cc1ccc(C(=O)Nc2nc(-c3ccccn3)cs2)cc1.O=Cc1ccc(C(=O)O)cc1. The lowest BCUT2D eigenvalue weighted by Crippen LogP contribution is -2.12. The molecular formula is C50H41N9O8S3. The number of thiazole rings is 3. The number of anilines is 3. The smallest absolute Gasteiger partial charge is 0.335 e. The number of aromatic nitrogens is 6. The fourth-order valence-corrected chi connectivity index (χ4v) is 7.72. The van der Waals surface area contributed by atoms with Gasteiger partial charge in [-0.3, -0.25) is 44.8 Å². The molecule has 0 aliphatic carbocycles. The first-order valence-corrected chi connectivity index (χ1v) is 23.2. The molecule has 9 aromatic rings. The predicted octanol–water partition coefficient (Wildman–Crippen LogP) is 10.0. The number of nitrogens with zero attached hydrogens (tertiary/aromatic N) is 6. The lowest BCUT2D eigenvalue weighted by molar-refractivity contribution is -0.106. The van der Waals surface area contributed by atoms with Gasteiger partial charge in [0.2, 0.25) is 0 Å². The Hall–Kier alpha value is -8.53. The summed E-state index contributed by atoms with van der Waals surface area (Å²) in [5, 5.41) is 21.2. The minimum Gasteiger partial charge on any atom is -0.478 e. The Kier molecular flexibility index (Phi) is 19.0. The van der Waals surface area contributed by atoms with E-state index in [0.29, 0.717) is 43.9 Å². The molecule has 352 valence electrons. The Morgan fingerprint density at radius 3 is 1.26 bits per heavy atom. The van der Waals surface area contributed by atoms with Gasteiger partial charge < -0.3 is 20.3 Å². The van der Waals surface area contributed by atoms with Crippen LogP contribution in [0.15, 0.2) is 162 Å². The summed E-state index contributed by atoms with van der Waals surface area (Å²) >= 11 is 4.12. The highest BCUT2D eigenvalue weighted by molar-refractivity contribution is 7.14. The zero-order valence-corrected chi connectivity index (χ0v) is 39.6. The largest absolute Gasteiger partial charge is 0.478 e. The van der Waals surface area contributed by atoms with Gasteiger partial charge in [-0.25, -0.2) is 19.7 Å². The van der Waals surface area contributed by atoms with E-state index in [1.165, 1.54) is 58.3 Å². The standard InChI is InChI=1S/C18H17N3O3S.C16H11N3O2S.C8H7N3S.C8H6O3/c1-23-17(24-2)13-8-6-12(7-9-13)16(22)21-18-20-15(11-25-18)14-5-3-4-10-19-14;20-9-11-4-6-12(7-5-11)15(21)19-16-18-14(10-22-16)13-3-1-2-8-17-13;9-8-11-7(5-12-8)6-3-1-2-4-10-6;9-5-6-1-3-7(4-2-6)8(10)11/h3-11,17H,1-2H3,(H,20,21,22);1-10H,(H,18,19,21);1-5H,(H2,9,11);1-5H,(H,10,11). The lowest BCUT2D eigenvalue weighted by atomic mass is 10.1. The normalized spacial score (nSPS) is 10.2. The fourth-order valence-electron chi connectivity index (χ4n) is 5.76. The molecule has 6 heterocycles. The molecule has 2 amide bonds. The number of nitrogens with two attached hydrogens (primary N) is 1. The van der Waals surface area contributed by atoms with E-state index in [-0.39, 0.29) is 17.4 Å². The number of hydrogen-bond donors (Lipinski definition) is 4. The number of carbonyl (C=O) groups is 5. The summed E-state index contributed by atoms with van der Waals surface area (Å²) < 4.78 is 10.4. The molecule has 3 aromatic carbocycles. The summed E-state index contributed by atoms with van der Waals surface area (Å²) in [7, 11) is 3.13. The van der Waals surface area contributed by atoms with E-state index in [0.717, 1.165) is 46.0 Å². The summed E-state index contributed by atoms with van der Waals surface area (Å²) in [5.74, 6) is -1.47. The minimum absolute atomic E-state index is 0.190. The van der Waals surface area contributed by atoms with Crippen molar-refractivity contribution in [3.8, 4) is 34.2 Å². The minimum atomic E-state index is -0.984. The van der Waals surface area contributed by atoms with Crippen LogP contribution in [0.5, 0.6) is 0 Å². The third-order valence-corrected chi connectivity index (χ3v) is 11.4. The lowest BCUT2D eigenvalue weighted by Gasteiger charge is -2.13. The van der Waals surface area contributed by atoms with Crippen molar-refractivity contribution in [2.75, 3.05) is 30.6 Å². The number of nitrogen functional groups attached to an aromatic ring is 1. The molecule has 0 radical (unpaired) electrons. The van der Waals surface area contributed by atoms with Crippen molar-refractivity contribution < 1.29 is 38.6 Å². The van der Waals surface area contributed by atoms with Crippen LogP contribution < -0.4 is 16.4 Å². The Bertz CT molecular complexity index is 3080. The Balaban J connectivity index is 0.000000162. The van der Waals surface area contributed by atoms with Gasteiger partial charge in [0.1, 0.15) is 29.7 Å². The summed E-state index contributed by atoms with van der Waals surface area (Å²) in [6, 6.07) is 36.1. The topological polar surface area (TPSA) is 251 Å². The molecular weight excluding hydrogens is 951 g/mol. The Morgan fingerprint density at radius 2 is 0.914 bits per heavy atom. The van der Waals surface area contributed by atoms with Crippen molar-refractivity contribution in [3.63, 3.8) is 0 Å². The zero-order valence-electron chi connectivity index (χ0n) is 37.1. The van der Waals surface area contributed by atoms with Crippen LogP contribution in [0.2, 0.25) is 0 Å². The van der Waals surface area contributed by atoms with Crippen LogP contribution in [0.1, 0.15) is 63.6 Å². The number of benzene rings is 3. The maximum atomic E-state index is 12.4. The van der Waals surface area contributed by atoms with Crippen LogP contribution in [-0.4, -0.2) is 79.6 Å². The van der Waals surface area contributed by atoms with Crippen molar-refractivity contribution in [1.29, 1.82) is 0 Å². The average molecular weight is 992 g/mol. The third-order valence-electron chi connectivity index (χ3n) is 9.23. The van der Waals surface area contributed by atoms with Gasteiger partial charge in [0, 0.05) is 76.8 Å². The van der Waals surface area contributed by atoms with Crippen LogP contribution >= 0.6 is 34.0 Å². The van der Waals surface area contributed by atoms with Gasteiger partial charge in [-0.05, 0) is 72.8 Å².